The predicted octanol–water partition coefficient (Wildman–Crippen LogP) is 2.82. The summed E-state index contributed by atoms with van der Waals surface area (Å²) in [6.45, 7) is 0.360. The molecule has 0 aliphatic rings. The molecule has 0 spiro atoms. The fourth-order valence-corrected chi connectivity index (χ4v) is 2.51. The minimum atomic E-state index is -0.397. The number of halogens is 1. The highest BCUT2D eigenvalue weighted by molar-refractivity contribution is 9.10. The van der Waals surface area contributed by atoms with Crippen molar-refractivity contribution in [2.45, 2.75) is 6.54 Å². The monoisotopic (exact) mass is 360 g/mol. The summed E-state index contributed by atoms with van der Waals surface area (Å²) in [4.78, 5) is 24.6. The smallest absolute Gasteiger partial charge is 0.257 e. The van der Waals surface area contributed by atoms with E-state index in [0.717, 1.165) is 10.0 Å². The van der Waals surface area contributed by atoms with Crippen LogP contribution in [-0.2, 0) is 13.6 Å². The van der Waals surface area contributed by atoms with E-state index in [-0.39, 0.29) is 11.0 Å². The molecule has 0 saturated heterocycles. The number of fused-ring (bicyclic) bond motifs is 1. The number of carbonyl (C=O) groups is 1. The number of nitrogens with zero attached hydrogens (tertiary/aromatic N) is 1. The van der Waals surface area contributed by atoms with Crippen molar-refractivity contribution in [3.63, 3.8) is 0 Å². The van der Waals surface area contributed by atoms with Crippen LogP contribution in [0.3, 0.4) is 0 Å². The van der Waals surface area contributed by atoms with Gasteiger partial charge in [0.2, 0.25) is 11.1 Å². The Bertz CT molecular complexity index is 894. The molecule has 0 unspecified atom stereocenters. The van der Waals surface area contributed by atoms with Crippen LogP contribution in [0.4, 0.5) is 0 Å². The molecule has 0 saturated carbocycles. The third kappa shape index (κ3) is 2.69. The topological polar surface area (TPSA) is 64.2 Å². The van der Waals surface area contributed by atoms with Gasteiger partial charge >= 0.3 is 0 Å². The van der Waals surface area contributed by atoms with Gasteiger partial charge in [-0.2, -0.15) is 0 Å². The largest absolute Gasteiger partial charge is 0.448 e. The van der Waals surface area contributed by atoms with Crippen molar-refractivity contribution in [2.75, 3.05) is 0 Å². The Morgan fingerprint density at radius 3 is 2.73 bits per heavy atom. The molecule has 2 aromatic heterocycles. The lowest BCUT2D eigenvalue weighted by atomic mass is 10.2. The van der Waals surface area contributed by atoms with Gasteiger partial charge in [0.1, 0.15) is 5.56 Å². The van der Waals surface area contributed by atoms with Crippen LogP contribution in [-0.4, -0.2) is 10.5 Å². The van der Waals surface area contributed by atoms with Gasteiger partial charge in [0.05, 0.1) is 11.6 Å². The lowest BCUT2D eigenvalue weighted by Crippen LogP contribution is -2.29. The third-order valence-corrected chi connectivity index (χ3v) is 3.92. The molecule has 0 aliphatic carbocycles. The molecular weight excluding hydrogens is 348 g/mol. The first kappa shape index (κ1) is 14.6. The van der Waals surface area contributed by atoms with E-state index in [0.29, 0.717) is 17.6 Å². The number of aromatic nitrogens is 1. The molecule has 22 heavy (non-hydrogen) atoms. The lowest BCUT2D eigenvalue weighted by molar-refractivity contribution is 0.0949. The Kier molecular flexibility index (Phi) is 3.85. The molecule has 0 fully saturated rings. The molecule has 3 rings (SSSR count). The van der Waals surface area contributed by atoms with Crippen molar-refractivity contribution in [3.8, 4) is 0 Å². The molecule has 1 aromatic carbocycles. The summed E-state index contributed by atoms with van der Waals surface area (Å²) in [5, 5.41) is 3.16. The molecule has 0 bridgehead atoms. The average molecular weight is 361 g/mol. The molecule has 6 heteroatoms. The number of amides is 1. The second-order valence-corrected chi connectivity index (χ2v) is 5.85. The van der Waals surface area contributed by atoms with E-state index in [1.807, 2.05) is 24.3 Å². The SMILES string of the molecule is Cn1cc(C(=O)NCc2ccc(Br)cc2)c(=O)c2ccoc21. The summed E-state index contributed by atoms with van der Waals surface area (Å²) in [5.74, 6) is -0.397. The summed E-state index contributed by atoms with van der Waals surface area (Å²) in [5.41, 5.74) is 1.19. The summed E-state index contributed by atoms with van der Waals surface area (Å²) in [6, 6.07) is 9.18. The van der Waals surface area contributed by atoms with Gasteiger partial charge in [0, 0.05) is 24.3 Å². The summed E-state index contributed by atoms with van der Waals surface area (Å²) in [7, 11) is 1.73. The Morgan fingerprint density at radius 1 is 1.27 bits per heavy atom. The first-order valence-electron chi connectivity index (χ1n) is 6.66. The Morgan fingerprint density at radius 2 is 2.00 bits per heavy atom. The van der Waals surface area contributed by atoms with Gasteiger partial charge in [-0.15, -0.1) is 0 Å². The van der Waals surface area contributed by atoms with Crippen molar-refractivity contribution in [2.24, 2.45) is 7.05 Å². The zero-order valence-electron chi connectivity index (χ0n) is 11.8. The van der Waals surface area contributed by atoms with E-state index in [1.54, 1.807) is 17.7 Å². The zero-order chi connectivity index (χ0) is 15.7. The lowest BCUT2D eigenvalue weighted by Gasteiger charge is -2.07. The van der Waals surface area contributed by atoms with E-state index in [2.05, 4.69) is 21.2 Å². The minimum absolute atomic E-state index is 0.105. The number of carbonyl (C=O) groups excluding carboxylic acids is 1. The molecule has 112 valence electrons. The van der Waals surface area contributed by atoms with Gasteiger partial charge in [0.25, 0.3) is 5.91 Å². The molecule has 0 atom stereocenters. The highest BCUT2D eigenvalue weighted by atomic mass is 79.9. The number of benzene rings is 1. The average Bonchev–Trinajstić information content (AvgIpc) is 3.00. The molecule has 0 aliphatic heterocycles. The van der Waals surface area contributed by atoms with Crippen LogP contribution in [0.25, 0.3) is 11.1 Å². The third-order valence-electron chi connectivity index (χ3n) is 3.39. The van der Waals surface area contributed by atoms with Crippen molar-refractivity contribution in [1.29, 1.82) is 0 Å². The number of pyridine rings is 1. The summed E-state index contributed by atoms with van der Waals surface area (Å²) in [6.07, 6.45) is 2.93. The molecule has 5 nitrogen and oxygen atoms in total. The van der Waals surface area contributed by atoms with Gasteiger partial charge in [-0.3, -0.25) is 9.59 Å². The van der Waals surface area contributed by atoms with Crippen LogP contribution in [0.2, 0.25) is 0 Å². The van der Waals surface area contributed by atoms with Crippen molar-refractivity contribution >= 4 is 32.9 Å². The summed E-state index contributed by atoms with van der Waals surface area (Å²) >= 11 is 3.36. The van der Waals surface area contributed by atoms with Crippen LogP contribution < -0.4 is 10.7 Å². The van der Waals surface area contributed by atoms with Crippen LogP contribution in [0.1, 0.15) is 15.9 Å². The minimum Gasteiger partial charge on any atom is -0.448 e. The number of rotatable bonds is 3. The molecule has 0 radical (unpaired) electrons. The predicted molar refractivity (Wildman–Crippen MR) is 86.8 cm³/mol. The number of furan rings is 1. The second kappa shape index (κ2) is 5.81. The van der Waals surface area contributed by atoms with Gasteiger partial charge in [-0.25, -0.2) is 0 Å². The molecule has 3 aromatic rings. The first-order chi connectivity index (χ1) is 10.6. The highest BCUT2D eigenvalue weighted by Crippen LogP contribution is 2.12. The Hall–Kier alpha value is -2.34. The number of hydrogen-bond acceptors (Lipinski definition) is 3. The number of aryl methyl sites for hydroxylation is 1. The van der Waals surface area contributed by atoms with Crippen molar-refractivity contribution < 1.29 is 9.21 Å². The maximum Gasteiger partial charge on any atom is 0.257 e. The van der Waals surface area contributed by atoms with Gasteiger partial charge in [-0.1, -0.05) is 28.1 Å². The van der Waals surface area contributed by atoms with E-state index in [9.17, 15) is 9.59 Å². The van der Waals surface area contributed by atoms with E-state index in [4.69, 9.17) is 4.42 Å². The number of nitrogens with one attached hydrogen (secondary N) is 1. The Labute approximate surface area is 134 Å². The van der Waals surface area contributed by atoms with Crippen molar-refractivity contribution in [3.05, 3.63) is 68.6 Å². The maximum atomic E-state index is 12.3. The van der Waals surface area contributed by atoms with E-state index < -0.39 is 5.91 Å². The van der Waals surface area contributed by atoms with E-state index in [1.165, 1.54) is 12.5 Å². The first-order valence-corrected chi connectivity index (χ1v) is 7.45. The highest BCUT2D eigenvalue weighted by Gasteiger charge is 2.15. The zero-order valence-corrected chi connectivity index (χ0v) is 13.4. The van der Waals surface area contributed by atoms with Crippen LogP contribution in [0, 0.1) is 0 Å². The van der Waals surface area contributed by atoms with E-state index >= 15 is 0 Å². The normalized spacial score (nSPS) is 10.8. The van der Waals surface area contributed by atoms with Gasteiger partial charge < -0.3 is 14.3 Å². The fraction of sp³-hybridized carbons (Fsp3) is 0.125. The summed E-state index contributed by atoms with van der Waals surface area (Å²) < 4.78 is 7.84. The molecular formula is C16H13BrN2O3. The van der Waals surface area contributed by atoms with Gasteiger partial charge in [-0.05, 0) is 23.8 Å². The Balaban J connectivity index is 1.84. The number of hydrogen-bond donors (Lipinski definition) is 1. The molecule has 2 heterocycles. The fourth-order valence-electron chi connectivity index (χ4n) is 2.24. The molecule has 1 amide bonds. The second-order valence-electron chi connectivity index (χ2n) is 4.93. The van der Waals surface area contributed by atoms with Gasteiger partial charge in [0.15, 0.2) is 0 Å². The standard InChI is InChI=1S/C16H13BrN2O3/c1-19-9-13(14(20)12-6-7-22-16(12)19)15(21)18-8-10-2-4-11(17)5-3-10/h2-7,9H,8H2,1H3,(H,18,21). The van der Waals surface area contributed by atoms with Crippen LogP contribution >= 0.6 is 15.9 Å². The van der Waals surface area contributed by atoms with Crippen molar-refractivity contribution in [1.82, 2.24) is 9.88 Å². The maximum absolute atomic E-state index is 12.3. The quantitative estimate of drug-likeness (QED) is 0.780. The van der Waals surface area contributed by atoms with Crippen LogP contribution in [0.5, 0.6) is 0 Å². The molecule has 1 N–H and O–H groups in total. The van der Waals surface area contributed by atoms with Crippen LogP contribution in [0.15, 0.2) is 56.5 Å².